The normalized spacial score (nSPS) is 29.5. The van der Waals surface area contributed by atoms with Crippen LogP contribution in [0.15, 0.2) is 0 Å². The summed E-state index contributed by atoms with van der Waals surface area (Å²) in [4.78, 5) is 0. The van der Waals surface area contributed by atoms with Gasteiger partial charge >= 0.3 is 0 Å². The van der Waals surface area contributed by atoms with Crippen LogP contribution in [-0.4, -0.2) is 10.7 Å². The maximum absolute atomic E-state index is 9.10. The van der Waals surface area contributed by atoms with Crippen LogP contribution in [0, 0.1) is 0 Å². The molecule has 0 heterocycles. The molecule has 0 bridgehead atoms. The van der Waals surface area contributed by atoms with Gasteiger partial charge in [0.1, 0.15) is 0 Å². The lowest BCUT2D eigenvalue weighted by Crippen LogP contribution is -2.15. The van der Waals surface area contributed by atoms with Gasteiger partial charge in [-0.05, 0) is 20.2 Å². The zero-order chi connectivity index (χ0) is 7.71. The fourth-order valence-electron chi connectivity index (χ4n) is 0. The van der Waals surface area contributed by atoms with Gasteiger partial charge in [-0.15, -0.1) is 0 Å². The monoisotopic (exact) mass is 91.1 g/mol. The molecule has 1 N–H and O–H groups in total. The molecule has 6 heavy (non-hydrogen) atoms. The van der Waals surface area contributed by atoms with Crippen molar-refractivity contribution in [2.24, 2.45) is 0 Å². The number of rotatable bonds is 1. The molecule has 0 rings (SSSR count). The molecule has 1 heteroatoms. The van der Waals surface area contributed by atoms with Gasteiger partial charge in [-0.2, -0.15) is 0 Å². The van der Waals surface area contributed by atoms with Crippen molar-refractivity contribution < 1.29 is 9.22 Å². The summed E-state index contributed by atoms with van der Waals surface area (Å²) in [5.74, 6) is 0. The predicted octanol–water partition coefficient (Wildman–Crippen LogP) is 1.17. The topological polar surface area (TPSA) is 20.2 Å². The van der Waals surface area contributed by atoms with Gasteiger partial charge in [0.15, 0.2) is 0 Å². The second kappa shape index (κ2) is 1.61. The summed E-state index contributed by atoms with van der Waals surface area (Å²) in [6.07, 6.45) is 0.253. The van der Waals surface area contributed by atoms with Crippen LogP contribution in [0.3, 0.4) is 0 Å². The van der Waals surface area contributed by atoms with Gasteiger partial charge in [0, 0.05) is 4.11 Å². The Morgan fingerprint density at radius 2 is 2.50 bits per heavy atom. The first-order valence-corrected chi connectivity index (χ1v) is 2.03. The predicted molar refractivity (Wildman–Crippen MR) is 26.6 cm³/mol. The van der Waals surface area contributed by atoms with Crippen LogP contribution in [0.2, 0.25) is 0 Å². The molecule has 0 saturated carbocycles. The Bertz CT molecular complexity index is 94.9. The third-order valence-electron chi connectivity index (χ3n) is 0.688. The van der Waals surface area contributed by atoms with Gasteiger partial charge in [-0.25, -0.2) is 0 Å². The Morgan fingerprint density at radius 1 is 2.00 bits per heavy atom. The molecule has 0 aromatic carbocycles. The summed E-state index contributed by atoms with van der Waals surface area (Å²) in [6.45, 7) is 0.716. The maximum Gasteiger partial charge on any atom is 0.0589 e. The molecule has 0 saturated heterocycles. The summed E-state index contributed by atoms with van der Waals surface area (Å²) >= 11 is 0. The van der Waals surface area contributed by atoms with Gasteiger partial charge in [0.25, 0.3) is 0 Å². The van der Waals surface area contributed by atoms with Crippen LogP contribution >= 0.6 is 0 Å². The molecule has 0 aromatic heterocycles. The van der Waals surface area contributed by atoms with Gasteiger partial charge in [-0.1, -0.05) is 6.92 Å². The molecular weight excluding hydrogens is 76.1 g/mol. The molecule has 0 amide bonds. The minimum absolute atomic E-state index is 0.253. The second-order valence-electron chi connectivity index (χ2n) is 1.63. The summed E-state index contributed by atoms with van der Waals surface area (Å²) in [6, 6.07) is 0. The molecule has 0 aromatic rings. The summed E-state index contributed by atoms with van der Waals surface area (Å²) in [5, 5.41) is 9.10. The molecule has 1 atom stereocenters. The highest BCUT2D eigenvalue weighted by Crippen LogP contribution is 2.03. The lowest BCUT2D eigenvalue weighted by Gasteiger charge is -2.11. The van der Waals surface area contributed by atoms with E-state index < -0.39 is 12.5 Å². The van der Waals surface area contributed by atoms with Crippen molar-refractivity contribution in [2.45, 2.75) is 32.7 Å². The van der Waals surface area contributed by atoms with Crippen molar-refractivity contribution in [3.8, 4) is 0 Å². The molecule has 0 aliphatic rings. The lowest BCUT2D eigenvalue weighted by atomic mass is 10.1. The minimum Gasteiger partial charge on any atom is -0.390 e. The van der Waals surface area contributed by atoms with Gasteiger partial charge in [-0.3, -0.25) is 0 Å². The summed E-state index contributed by atoms with van der Waals surface area (Å²) in [7, 11) is 0. The van der Waals surface area contributed by atoms with Gasteiger partial charge < -0.3 is 5.11 Å². The molecule has 0 radical (unpaired) electrons. The van der Waals surface area contributed by atoms with E-state index >= 15 is 0 Å². The SMILES string of the molecule is [2H]C([2H])([2H])C(C)(O)CC. The molecule has 1 nitrogen and oxygen atoms in total. The first-order valence-electron chi connectivity index (χ1n) is 3.53. The van der Waals surface area contributed by atoms with E-state index in [0.717, 1.165) is 0 Å². The zero-order valence-corrected chi connectivity index (χ0v) is 4.15. The van der Waals surface area contributed by atoms with Crippen molar-refractivity contribution in [1.29, 1.82) is 0 Å². The van der Waals surface area contributed by atoms with E-state index in [2.05, 4.69) is 0 Å². The van der Waals surface area contributed by atoms with Crippen LogP contribution in [0.4, 0.5) is 0 Å². The van der Waals surface area contributed by atoms with Crippen LogP contribution in [0.1, 0.15) is 31.2 Å². The average Bonchev–Trinajstić information content (AvgIpc) is 1.64. The van der Waals surface area contributed by atoms with Crippen molar-refractivity contribution in [2.75, 3.05) is 0 Å². The number of hydrogen-bond donors (Lipinski definition) is 1. The Hall–Kier alpha value is -0.0400. The highest BCUT2D eigenvalue weighted by Gasteiger charge is 2.05. The van der Waals surface area contributed by atoms with E-state index in [0.29, 0.717) is 0 Å². The molecule has 0 aliphatic carbocycles. The molecule has 38 valence electrons. The van der Waals surface area contributed by atoms with Gasteiger partial charge in [0.05, 0.1) is 5.60 Å². The smallest absolute Gasteiger partial charge is 0.0589 e. The van der Waals surface area contributed by atoms with E-state index in [9.17, 15) is 0 Å². The van der Waals surface area contributed by atoms with Gasteiger partial charge in [0.2, 0.25) is 0 Å². The molecule has 0 spiro atoms. The van der Waals surface area contributed by atoms with Crippen LogP contribution < -0.4 is 0 Å². The highest BCUT2D eigenvalue weighted by atomic mass is 16.3. The highest BCUT2D eigenvalue weighted by molar-refractivity contribution is 4.59. The Labute approximate surface area is 43.2 Å². The standard InChI is InChI=1S/C5H12O/c1-4-5(2,3)6/h6H,4H2,1-3H3/i2D3. The average molecular weight is 91.2 g/mol. The second-order valence-corrected chi connectivity index (χ2v) is 1.63. The molecule has 1 unspecified atom stereocenters. The van der Waals surface area contributed by atoms with Crippen LogP contribution in [-0.2, 0) is 0 Å². The van der Waals surface area contributed by atoms with Crippen molar-refractivity contribution in [3.05, 3.63) is 0 Å². The quantitative estimate of drug-likeness (QED) is 0.513. The lowest BCUT2D eigenvalue weighted by molar-refractivity contribution is 0.0765. The van der Waals surface area contributed by atoms with E-state index in [4.69, 9.17) is 9.22 Å². The fourth-order valence-corrected chi connectivity index (χ4v) is 0. The first kappa shape index (κ1) is 2.31. The summed E-state index contributed by atoms with van der Waals surface area (Å²) in [5.41, 5.74) is -1.52. The minimum atomic E-state index is -2.25. The third-order valence-corrected chi connectivity index (χ3v) is 0.688. The van der Waals surface area contributed by atoms with E-state index in [1.54, 1.807) is 6.92 Å². The maximum atomic E-state index is 9.10. The van der Waals surface area contributed by atoms with E-state index in [1.165, 1.54) is 6.92 Å². The number of aliphatic hydroxyl groups is 1. The van der Waals surface area contributed by atoms with Crippen molar-refractivity contribution in [1.82, 2.24) is 0 Å². The Morgan fingerprint density at radius 3 is 2.50 bits per heavy atom. The van der Waals surface area contributed by atoms with Crippen LogP contribution in [0.5, 0.6) is 0 Å². The Kier molecular flexibility index (Phi) is 0.619. The van der Waals surface area contributed by atoms with E-state index in [1.807, 2.05) is 0 Å². The fraction of sp³-hybridized carbons (Fsp3) is 1.00. The van der Waals surface area contributed by atoms with Crippen LogP contribution in [0.25, 0.3) is 0 Å². The largest absolute Gasteiger partial charge is 0.390 e. The van der Waals surface area contributed by atoms with E-state index in [-0.39, 0.29) is 6.42 Å². The molecule has 0 aliphatic heterocycles. The number of hydrogen-bond acceptors (Lipinski definition) is 1. The summed E-state index contributed by atoms with van der Waals surface area (Å²) < 4.78 is 20.5. The Balaban J connectivity index is 4.14. The van der Waals surface area contributed by atoms with Crippen molar-refractivity contribution in [3.63, 3.8) is 0 Å². The molecule has 0 fully saturated rings. The third kappa shape index (κ3) is 3.96. The molecular formula is C5H12O. The zero-order valence-electron chi connectivity index (χ0n) is 7.15. The first-order chi connectivity index (χ1) is 3.81. The van der Waals surface area contributed by atoms with Crippen molar-refractivity contribution >= 4 is 0 Å².